The topological polar surface area (TPSA) is 79.5 Å². The molecule has 0 unspecified atom stereocenters. The summed E-state index contributed by atoms with van der Waals surface area (Å²) in [4.78, 5) is 20.3. The van der Waals surface area contributed by atoms with Crippen molar-refractivity contribution < 1.29 is 14.3 Å². The molecule has 0 aromatic heterocycles. The Bertz CT molecular complexity index is 207. The number of carbonyl (C=O) groups is 2. The average Bonchev–Trinajstić information content (AvgIpc) is 3.07. The van der Waals surface area contributed by atoms with Crippen LogP contribution in [0.1, 0.15) is 25.7 Å². The molecule has 0 saturated carbocycles. The fourth-order valence-electron chi connectivity index (χ4n) is 1.65. The molecule has 6 nitrogen and oxygen atoms in total. The van der Waals surface area contributed by atoms with Gasteiger partial charge in [-0.2, -0.15) is 0 Å². The zero-order valence-electron chi connectivity index (χ0n) is 10.8. The summed E-state index contributed by atoms with van der Waals surface area (Å²) in [5.74, 6) is 0.407. The Labute approximate surface area is 108 Å². The predicted molar refractivity (Wildman–Crippen MR) is 68.2 cm³/mol. The third kappa shape index (κ3) is 8.03. The van der Waals surface area contributed by atoms with E-state index in [4.69, 9.17) is 4.74 Å². The van der Waals surface area contributed by atoms with Crippen LogP contribution < -0.4 is 16.0 Å². The molecule has 3 N–H and O–H groups in total. The number of carbonyl (C=O) groups excluding carboxylic acids is 2. The van der Waals surface area contributed by atoms with Crippen molar-refractivity contribution in [3.63, 3.8) is 0 Å². The lowest BCUT2D eigenvalue weighted by Gasteiger charge is -2.10. The highest BCUT2D eigenvalue weighted by Gasteiger charge is 2.06. The fourth-order valence-corrected chi connectivity index (χ4v) is 1.65. The molecule has 3 saturated heterocycles. The number of amides is 2. The number of hydrogen-bond acceptors (Lipinski definition) is 4. The second kappa shape index (κ2) is 9.85. The summed E-state index contributed by atoms with van der Waals surface area (Å²) in [6.45, 7) is 5.61. The molecule has 0 radical (unpaired) electrons. The molecule has 3 heterocycles. The Morgan fingerprint density at radius 1 is 0.778 bits per heavy atom. The molecule has 0 aromatic rings. The van der Waals surface area contributed by atoms with E-state index in [1.54, 1.807) is 0 Å². The largest absolute Gasteiger partial charge is 0.379 e. The molecule has 2 amide bonds. The van der Waals surface area contributed by atoms with Gasteiger partial charge in [-0.25, -0.2) is 0 Å². The molecule has 18 heavy (non-hydrogen) atoms. The molecule has 3 rings (SSSR count). The predicted octanol–water partition coefficient (Wildman–Crippen LogP) is -0.601. The van der Waals surface area contributed by atoms with Gasteiger partial charge in [-0.1, -0.05) is 0 Å². The molecule has 0 spiro atoms. The van der Waals surface area contributed by atoms with Gasteiger partial charge in [0.25, 0.3) is 0 Å². The van der Waals surface area contributed by atoms with Crippen LogP contribution in [-0.2, 0) is 14.3 Å². The molecule has 0 atom stereocenters. The van der Waals surface area contributed by atoms with Crippen LogP contribution in [0.2, 0.25) is 0 Å². The SMILES string of the molecule is C1COCCN1.O=C1CCCN1.O=C1CCCN1. The summed E-state index contributed by atoms with van der Waals surface area (Å²) in [6.07, 6.45) is 3.53. The Morgan fingerprint density at radius 2 is 1.28 bits per heavy atom. The van der Waals surface area contributed by atoms with Crippen LogP contribution >= 0.6 is 0 Å². The van der Waals surface area contributed by atoms with E-state index < -0.39 is 0 Å². The lowest BCUT2D eigenvalue weighted by Crippen LogP contribution is -2.30. The number of nitrogens with one attached hydrogen (secondary N) is 3. The lowest BCUT2D eigenvalue weighted by atomic mass is 10.4. The van der Waals surface area contributed by atoms with Crippen LogP contribution in [0.15, 0.2) is 0 Å². The third-order valence-corrected chi connectivity index (χ3v) is 2.65. The summed E-state index contributed by atoms with van der Waals surface area (Å²) in [5.41, 5.74) is 0. The van der Waals surface area contributed by atoms with Crippen molar-refractivity contribution in [2.24, 2.45) is 0 Å². The van der Waals surface area contributed by atoms with E-state index in [-0.39, 0.29) is 11.8 Å². The molecule has 0 aromatic carbocycles. The van der Waals surface area contributed by atoms with Gasteiger partial charge in [0.15, 0.2) is 0 Å². The monoisotopic (exact) mass is 257 g/mol. The van der Waals surface area contributed by atoms with Crippen molar-refractivity contribution in [1.29, 1.82) is 0 Å². The highest BCUT2D eigenvalue weighted by atomic mass is 16.5. The van der Waals surface area contributed by atoms with Crippen LogP contribution in [0.25, 0.3) is 0 Å². The lowest BCUT2D eigenvalue weighted by molar-refractivity contribution is -0.119. The van der Waals surface area contributed by atoms with Crippen molar-refractivity contribution in [3.8, 4) is 0 Å². The maximum absolute atomic E-state index is 10.1. The van der Waals surface area contributed by atoms with E-state index in [9.17, 15) is 9.59 Å². The fraction of sp³-hybridized carbons (Fsp3) is 0.833. The molecule has 0 aliphatic carbocycles. The zero-order chi connectivity index (χ0) is 13.1. The Balaban J connectivity index is 0.000000135. The summed E-state index contributed by atoms with van der Waals surface area (Å²) in [5, 5.41) is 8.52. The van der Waals surface area contributed by atoms with Crippen molar-refractivity contribution in [2.45, 2.75) is 25.7 Å². The van der Waals surface area contributed by atoms with Crippen molar-refractivity contribution >= 4 is 11.8 Å². The quantitative estimate of drug-likeness (QED) is 0.541. The summed E-state index contributed by atoms with van der Waals surface area (Å²) >= 11 is 0. The molecule has 6 heteroatoms. The third-order valence-electron chi connectivity index (χ3n) is 2.65. The van der Waals surface area contributed by atoms with E-state index in [0.29, 0.717) is 0 Å². The van der Waals surface area contributed by atoms with Crippen LogP contribution in [0.4, 0.5) is 0 Å². The average molecular weight is 257 g/mol. The van der Waals surface area contributed by atoms with E-state index >= 15 is 0 Å². The maximum Gasteiger partial charge on any atom is 0.220 e. The molecule has 104 valence electrons. The number of rotatable bonds is 0. The van der Waals surface area contributed by atoms with Gasteiger partial charge in [0.05, 0.1) is 13.2 Å². The minimum absolute atomic E-state index is 0.204. The Morgan fingerprint density at radius 3 is 1.39 bits per heavy atom. The van der Waals surface area contributed by atoms with Crippen LogP contribution in [0.3, 0.4) is 0 Å². The first-order chi connectivity index (χ1) is 8.79. The van der Waals surface area contributed by atoms with E-state index in [1.165, 1.54) is 0 Å². The van der Waals surface area contributed by atoms with Gasteiger partial charge in [0.2, 0.25) is 11.8 Å². The van der Waals surface area contributed by atoms with E-state index in [0.717, 1.165) is 65.1 Å². The molecular weight excluding hydrogens is 234 g/mol. The van der Waals surface area contributed by atoms with Gasteiger partial charge >= 0.3 is 0 Å². The van der Waals surface area contributed by atoms with Gasteiger partial charge in [0, 0.05) is 39.0 Å². The molecule has 3 aliphatic rings. The smallest absolute Gasteiger partial charge is 0.220 e. The standard InChI is InChI=1S/C4H9NO.2C4H7NO/c1-3-6-4-2-5-1;2*6-4-2-1-3-5-4/h5H,1-4H2;2*1-3H2,(H,5,6). The highest BCUT2D eigenvalue weighted by Crippen LogP contribution is 1.93. The van der Waals surface area contributed by atoms with Gasteiger partial charge < -0.3 is 20.7 Å². The zero-order valence-corrected chi connectivity index (χ0v) is 10.8. The van der Waals surface area contributed by atoms with Gasteiger partial charge in [0.1, 0.15) is 0 Å². The van der Waals surface area contributed by atoms with Gasteiger partial charge in [-0.15, -0.1) is 0 Å². The first-order valence-electron chi connectivity index (χ1n) is 6.61. The molecule has 3 fully saturated rings. The molecule has 3 aliphatic heterocycles. The Kier molecular flexibility index (Phi) is 8.16. The Hall–Kier alpha value is -1.14. The number of ether oxygens (including phenoxy) is 1. The van der Waals surface area contributed by atoms with Crippen molar-refractivity contribution in [2.75, 3.05) is 39.4 Å². The van der Waals surface area contributed by atoms with E-state index in [1.807, 2.05) is 0 Å². The normalized spacial score (nSPS) is 22.0. The summed E-state index contributed by atoms with van der Waals surface area (Å²) in [6, 6.07) is 0. The van der Waals surface area contributed by atoms with Crippen LogP contribution in [0.5, 0.6) is 0 Å². The molecule has 0 bridgehead atoms. The maximum atomic E-state index is 10.1. The van der Waals surface area contributed by atoms with Gasteiger partial charge in [-0.3, -0.25) is 9.59 Å². The second-order valence-electron chi connectivity index (χ2n) is 4.27. The minimum Gasteiger partial charge on any atom is -0.379 e. The van der Waals surface area contributed by atoms with Crippen LogP contribution in [0, 0.1) is 0 Å². The summed E-state index contributed by atoms with van der Waals surface area (Å²) < 4.78 is 5.01. The minimum atomic E-state index is 0.204. The first kappa shape index (κ1) is 14.9. The number of morpholine rings is 1. The molecular formula is C12H23N3O3. The van der Waals surface area contributed by atoms with Crippen molar-refractivity contribution in [1.82, 2.24) is 16.0 Å². The number of hydrogen-bond donors (Lipinski definition) is 3. The van der Waals surface area contributed by atoms with E-state index in [2.05, 4.69) is 16.0 Å². The second-order valence-corrected chi connectivity index (χ2v) is 4.27. The van der Waals surface area contributed by atoms with Crippen LogP contribution in [-0.4, -0.2) is 51.2 Å². The van der Waals surface area contributed by atoms with Crippen molar-refractivity contribution in [3.05, 3.63) is 0 Å². The van der Waals surface area contributed by atoms with Gasteiger partial charge in [-0.05, 0) is 12.8 Å². The summed E-state index contributed by atoms with van der Waals surface area (Å²) in [7, 11) is 0. The first-order valence-corrected chi connectivity index (χ1v) is 6.61. The highest BCUT2D eigenvalue weighted by molar-refractivity contribution is 5.77.